The van der Waals surface area contributed by atoms with Crippen LogP contribution in [0, 0.1) is 11.8 Å². The highest BCUT2D eigenvalue weighted by Crippen LogP contribution is 2.39. The van der Waals surface area contributed by atoms with Crippen LogP contribution in [0.4, 0.5) is 0 Å². The molecule has 1 fully saturated rings. The van der Waals surface area contributed by atoms with E-state index >= 15 is 0 Å². The molecule has 116 valence electrons. The summed E-state index contributed by atoms with van der Waals surface area (Å²) in [7, 11) is 0. The predicted molar refractivity (Wildman–Crippen MR) is 84.7 cm³/mol. The molecule has 0 saturated heterocycles. The molecule has 2 aliphatic rings. The lowest BCUT2D eigenvalue weighted by molar-refractivity contribution is 0.230. The van der Waals surface area contributed by atoms with Gasteiger partial charge in [-0.25, -0.2) is 0 Å². The van der Waals surface area contributed by atoms with Crippen LogP contribution in [0.2, 0.25) is 0 Å². The molecule has 21 heavy (non-hydrogen) atoms. The SMILES string of the molecule is CCC1CCCC(C(N)c2ccc3c(c2)OCCCO3)C1. The second-order valence-electron chi connectivity index (χ2n) is 6.48. The van der Waals surface area contributed by atoms with Crippen molar-refractivity contribution < 1.29 is 9.47 Å². The maximum atomic E-state index is 6.56. The molecule has 0 bridgehead atoms. The van der Waals surface area contributed by atoms with Crippen LogP contribution in [0.25, 0.3) is 0 Å². The van der Waals surface area contributed by atoms with Gasteiger partial charge in [-0.3, -0.25) is 0 Å². The van der Waals surface area contributed by atoms with Gasteiger partial charge in [-0.05, 0) is 42.4 Å². The van der Waals surface area contributed by atoms with Gasteiger partial charge in [0.2, 0.25) is 0 Å². The molecule has 3 nitrogen and oxygen atoms in total. The van der Waals surface area contributed by atoms with Crippen molar-refractivity contribution in [1.82, 2.24) is 0 Å². The summed E-state index contributed by atoms with van der Waals surface area (Å²) < 4.78 is 11.5. The van der Waals surface area contributed by atoms with E-state index in [-0.39, 0.29) is 6.04 Å². The summed E-state index contributed by atoms with van der Waals surface area (Å²) in [6, 6.07) is 6.36. The molecule has 3 rings (SSSR count). The standard InChI is InChI=1S/C18H27NO2/c1-2-13-5-3-6-14(11-13)18(19)15-7-8-16-17(12-15)21-10-4-9-20-16/h7-8,12-14,18H,2-6,9-11,19H2,1H3. The van der Waals surface area contributed by atoms with E-state index in [1.807, 2.05) is 6.07 Å². The van der Waals surface area contributed by atoms with Crippen LogP contribution in [0.5, 0.6) is 11.5 Å². The van der Waals surface area contributed by atoms with Gasteiger partial charge >= 0.3 is 0 Å². The van der Waals surface area contributed by atoms with E-state index in [1.165, 1.54) is 37.7 Å². The Balaban J connectivity index is 1.75. The minimum Gasteiger partial charge on any atom is -0.490 e. The van der Waals surface area contributed by atoms with E-state index in [2.05, 4.69) is 19.1 Å². The van der Waals surface area contributed by atoms with Crippen LogP contribution in [-0.2, 0) is 0 Å². The van der Waals surface area contributed by atoms with Crippen molar-refractivity contribution in [2.24, 2.45) is 17.6 Å². The molecule has 1 aromatic carbocycles. The van der Waals surface area contributed by atoms with E-state index in [0.717, 1.165) is 37.1 Å². The van der Waals surface area contributed by atoms with Crippen LogP contribution in [-0.4, -0.2) is 13.2 Å². The van der Waals surface area contributed by atoms with Gasteiger partial charge in [0, 0.05) is 12.5 Å². The first-order valence-corrected chi connectivity index (χ1v) is 8.43. The van der Waals surface area contributed by atoms with Gasteiger partial charge in [0.1, 0.15) is 0 Å². The Kier molecular flexibility index (Phi) is 4.69. The number of nitrogens with two attached hydrogens (primary N) is 1. The Labute approximate surface area is 127 Å². The average Bonchev–Trinajstić information content (AvgIpc) is 2.78. The molecule has 1 saturated carbocycles. The molecule has 1 aliphatic heterocycles. The zero-order valence-electron chi connectivity index (χ0n) is 13.0. The second kappa shape index (κ2) is 6.69. The van der Waals surface area contributed by atoms with Crippen molar-refractivity contribution >= 4 is 0 Å². The minimum atomic E-state index is 0.122. The van der Waals surface area contributed by atoms with Gasteiger partial charge in [0.25, 0.3) is 0 Å². The molecule has 1 aliphatic carbocycles. The van der Waals surface area contributed by atoms with Gasteiger partial charge in [0.15, 0.2) is 11.5 Å². The molecule has 0 aromatic heterocycles. The average molecular weight is 289 g/mol. The Morgan fingerprint density at radius 1 is 1.14 bits per heavy atom. The molecule has 2 N–H and O–H groups in total. The highest BCUT2D eigenvalue weighted by Gasteiger charge is 2.27. The number of fused-ring (bicyclic) bond motifs is 1. The maximum Gasteiger partial charge on any atom is 0.161 e. The van der Waals surface area contributed by atoms with Crippen molar-refractivity contribution in [3.05, 3.63) is 23.8 Å². The zero-order chi connectivity index (χ0) is 14.7. The fourth-order valence-electron chi connectivity index (χ4n) is 3.69. The van der Waals surface area contributed by atoms with Crippen molar-refractivity contribution in [3.8, 4) is 11.5 Å². The summed E-state index contributed by atoms with van der Waals surface area (Å²) >= 11 is 0. The van der Waals surface area contributed by atoms with Crippen LogP contribution < -0.4 is 15.2 Å². The highest BCUT2D eigenvalue weighted by atomic mass is 16.5. The monoisotopic (exact) mass is 289 g/mol. The Hall–Kier alpha value is -1.22. The number of ether oxygens (including phenoxy) is 2. The Morgan fingerprint density at radius 3 is 2.76 bits per heavy atom. The second-order valence-corrected chi connectivity index (χ2v) is 6.48. The van der Waals surface area contributed by atoms with Gasteiger partial charge in [-0.15, -0.1) is 0 Å². The number of benzene rings is 1. The van der Waals surface area contributed by atoms with Gasteiger partial charge in [-0.1, -0.05) is 32.3 Å². The number of hydrogen-bond acceptors (Lipinski definition) is 3. The summed E-state index contributed by atoms with van der Waals surface area (Å²) in [5, 5.41) is 0. The summed E-state index contributed by atoms with van der Waals surface area (Å²) in [4.78, 5) is 0. The maximum absolute atomic E-state index is 6.56. The van der Waals surface area contributed by atoms with E-state index in [4.69, 9.17) is 15.2 Å². The largest absolute Gasteiger partial charge is 0.490 e. The summed E-state index contributed by atoms with van der Waals surface area (Å²) in [6.07, 6.45) is 7.45. The topological polar surface area (TPSA) is 44.5 Å². The molecule has 1 aromatic rings. The van der Waals surface area contributed by atoms with Crippen molar-refractivity contribution in [1.29, 1.82) is 0 Å². The van der Waals surface area contributed by atoms with E-state index in [9.17, 15) is 0 Å². The van der Waals surface area contributed by atoms with Gasteiger partial charge in [-0.2, -0.15) is 0 Å². The van der Waals surface area contributed by atoms with Crippen molar-refractivity contribution in [2.75, 3.05) is 13.2 Å². The molecular formula is C18H27NO2. The third-order valence-corrected chi connectivity index (χ3v) is 5.07. The van der Waals surface area contributed by atoms with Crippen LogP contribution >= 0.6 is 0 Å². The first-order valence-electron chi connectivity index (χ1n) is 8.43. The highest BCUT2D eigenvalue weighted by molar-refractivity contribution is 5.44. The smallest absolute Gasteiger partial charge is 0.161 e. The summed E-state index contributed by atoms with van der Waals surface area (Å²) in [6.45, 7) is 3.76. The first-order chi connectivity index (χ1) is 10.3. The quantitative estimate of drug-likeness (QED) is 0.912. The van der Waals surface area contributed by atoms with Crippen LogP contribution in [0.3, 0.4) is 0 Å². The lowest BCUT2D eigenvalue weighted by Gasteiger charge is -2.32. The predicted octanol–water partition coefficient (Wildman–Crippen LogP) is 4.06. The molecule has 3 heteroatoms. The Morgan fingerprint density at radius 2 is 1.95 bits per heavy atom. The van der Waals surface area contributed by atoms with Crippen molar-refractivity contribution in [3.63, 3.8) is 0 Å². The van der Waals surface area contributed by atoms with E-state index in [0.29, 0.717) is 5.92 Å². The molecule has 0 radical (unpaired) electrons. The minimum absolute atomic E-state index is 0.122. The first kappa shape index (κ1) is 14.7. The summed E-state index contributed by atoms with van der Waals surface area (Å²) in [5.74, 6) is 3.19. The van der Waals surface area contributed by atoms with Crippen molar-refractivity contribution in [2.45, 2.75) is 51.5 Å². The Bertz CT molecular complexity index is 474. The number of hydrogen-bond donors (Lipinski definition) is 1. The van der Waals surface area contributed by atoms with Gasteiger partial charge < -0.3 is 15.2 Å². The van der Waals surface area contributed by atoms with Crippen LogP contribution in [0.15, 0.2) is 18.2 Å². The third kappa shape index (κ3) is 3.34. The molecule has 3 unspecified atom stereocenters. The zero-order valence-corrected chi connectivity index (χ0v) is 13.0. The normalized spacial score (nSPS) is 27.0. The fraction of sp³-hybridized carbons (Fsp3) is 0.667. The fourth-order valence-corrected chi connectivity index (χ4v) is 3.69. The van der Waals surface area contributed by atoms with Gasteiger partial charge in [0.05, 0.1) is 13.2 Å². The lowest BCUT2D eigenvalue weighted by Crippen LogP contribution is -2.26. The summed E-state index contributed by atoms with van der Waals surface area (Å²) in [5.41, 5.74) is 7.76. The number of rotatable bonds is 3. The molecule has 0 spiro atoms. The lowest BCUT2D eigenvalue weighted by atomic mass is 9.75. The molecule has 1 heterocycles. The molecule has 3 atom stereocenters. The molecule has 0 amide bonds. The van der Waals surface area contributed by atoms with E-state index < -0.39 is 0 Å². The van der Waals surface area contributed by atoms with Crippen LogP contribution in [0.1, 0.15) is 57.1 Å². The third-order valence-electron chi connectivity index (χ3n) is 5.07. The molecular weight excluding hydrogens is 262 g/mol. The van der Waals surface area contributed by atoms with E-state index in [1.54, 1.807) is 0 Å².